The molecular formula is C49H27NO. The Kier molecular flexibility index (Phi) is 5.77. The second-order valence-electron chi connectivity index (χ2n) is 13.6. The summed E-state index contributed by atoms with van der Waals surface area (Å²) in [5, 5.41) is 21.9. The number of nitriles is 1. The van der Waals surface area contributed by atoms with Gasteiger partial charge in [-0.25, -0.2) is 0 Å². The highest BCUT2D eigenvalue weighted by Gasteiger charge is 2.22. The first-order chi connectivity index (χ1) is 25.2. The van der Waals surface area contributed by atoms with E-state index in [1.165, 1.54) is 70.9 Å². The summed E-state index contributed by atoms with van der Waals surface area (Å²) in [6.45, 7) is 0. The average Bonchev–Trinajstić information content (AvgIpc) is 3.19. The molecule has 0 aliphatic carbocycles. The van der Waals surface area contributed by atoms with Crippen LogP contribution in [0.2, 0.25) is 0 Å². The molecule has 0 atom stereocenters. The SMILES string of the molecule is N#Cc1ccc2c(c1)Oc1cccc3c(-c4ccc(-c5cc6ccc7cc(-c8ccc9ccccc9c8)cc8ccc(c5)c6c78)cc4)ccc-2c13. The fourth-order valence-corrected chi connectivity index (χ4v) is 8.33. The molecule has 0 radical (unpaired) electrons. The standard InChI is InChI=1S/C49H27NO/c50-28-29-8-19-42-44-21-20-41(43-6-3-7-45(49(43)44)51-46(42)22-29)32-12-9-31(10-13-32)39-24-35-15-17-37-26-40(27-38-18-16-36(25-39)47(35)48(37)38)34-14-11-30-4-1-2-5-33(30)23-34/h1-27H. The maximum atomic E-state index is 9.41. The van der Waals surface area contributed by atoms with Crippen LogP contribution in [0.15, 0.2) is 164 Å². The Labute approximate surface area is 294 Å². The van der Waals surface area contributed by atoms with E-state index in [0.29, 0.717) is 5.56 Å². The zero-order chi connectivity index (χ0) is 33.6. The Morgan fingerprint density at radius 3 is 1.63 bits per heavy atom. The van der Waals surface area contributed by atoms with Crippen molar-refractivity contribution in [2.24, 2.45) is 0 Å². The third kappa shape index (κ3) is 4.22. The Bertz CT molecular complexity index is 3040. The third-order valence-corrected chi connectivity index (χ3v) is 10.8. The van der Waals surface area contributed by atoms with Gasteiger partial charge in [-0.2, -0.15) is 5.26 Å². The Morgan fingerprint density at radius 1 is 0.353 bits per heavy atom. The van der Waals surface area contributed by atoms with Gasteiger partial charge in [-0.1, -0.05) is 109 Å². The van der Waals surface area contributed by atoms with E-state index < -0.39 is 0 Å². The topological polar surface area (TPSA) is 33.0 Å². The van der Waals surface area contributed by atoms with Gasteiger partial charge >= 0.3 is 0 Å². The summed E-state index contributed by atoms with van der Waals surface area (Å²) in [4.78, 5) is 0. The van der Waals surface area contributed by atoms with Crippen molar-refractivity contribution in [1.29, 1.82) is 5.26 Å². The van der Waals surface area contributed by atoms with Crippen LogP contribution < -0.4 is 4.74 Å². The second-order valence-corrected chi connectivity index (χ2v) is 13.6. The lowest BCUT2D eigenvalue weighted by molar-refractivity contribution is 0.487. The summed E-state index contributed by atoms with van der Waals surface area (Å²) < 4.78 is 6.33. The second kappa shape index (κ2) is 10.5. The largest absolute Gasteiger partial charge is 0.456 e. The average molecular weight is 646 g/mol. The molecule has 0 N–H and O–H groups in total. The molecule has 1 aliphatic rings. The minimum Gasteiger partial charge on any atom is -0.456 e. The monoisotopic (exact) mass is 645 g/mol. The summed E-state index contributed by atoms with van der Waals surface area (Å²) in [6.07, 6.45) is 0. The highest BCUT2D eigenvalue weighted by atomic mass is 16.5. The number of fused-ring (bicyclic) bond motifs is 3. The van der Waals surface area contributed by atoms with E-state index in [4.69, 9.17) is 4.74 Å². The summed E-state index contributed by atoms with van der Waals surface area (Å²) >= 11 is 0. The van der Waals surface area contributed by atoms with Crippen LogP contribution in [0.1, 0.15) is 5.56 Å². The van der Waals surface area contributed by atoms with E-state index in [1.807, 2.05) is 30.3 Å². The number of rotatable bonds is 3. The van der Waals surface area contributed by atoms with Gasteiger partial charge < -0.3 is 4.74 Å². The van der Waals surface area contributed by atoms with Crippen molar-refractivity contribution in [3.63, 3.8) is 0 Å². The number of nitrogens with zero attached hydrogens (tertiary/aromatic N) is 1. The molecule has 0 saturated heterocycles. The normalized spacial score (nSPS) is 12.1. The van der Waals surface area contributed by atoms with E-state index in [2.05, 4.69) is 140 Å². The fraction of sp³-hybridized carbons (Fsp3) is 0. The molecule has 0 spiro atoms. The lowest BCUT2D eigenvalue weighted by atomic mass is 9.88. The van der Waals surface area contributed by atoms with Gasteiger partial charge in [0.1, 0.15) is 11.5 Å². The highest BCUT2D eigenvalue weighted by molar-refractivity contribution is 6.24. The summed E-state index contributed by atoms with van der Waals surface area (Å²) in [7, 11) is 0. The van der Waals surface area contributed by atoms with E-state index in [1.54, 1.807) is 0 Å². The van der Waals surface area contributed by atoms with Crippen molar-refractivity contribution in [1.82, 2.24) is 0 Å². The van der Waals surface area contributed by atoms with Crippen LogP contribution in [0.25, 0.3) is 98.4 Å². The molecule has 0 amide bonds. The summed E-state index contributed by atoms with van der Waals surface area (Å²) in [6, 6.07) is 61.3. The van der Waals surface area contributed by atoms with Gasteiger partial charge in [-0.05, 0) is 142 Å². The first kappa shape index (κ1) is 27.9. The van der Waals surface area contributed by atoms with Crippen molar-refractivity contribution < 1.29 is 4.74 Å². The lowest BCUT2D eigenvalue weighted by Gasteiger charge is -2.22. The van der Waals surface area contributed by atoms with Crippen molar-refractivity contribution in [3.05, 3.63) is 169 Å². The molecule has 51 heavy (non-hydrogen) atoms. The van der Waals surface area contributed by atoms with Crippen LogP contribution in [0.3, 0.4) is 0 Å². The zero-order valence-electron chi connectivity index (χ0n) is 27.4. The molecule has 2 heteroatoms. The van der Waals surface area contributed by atoms with Crippen LogP contribution in [-0.2, 0) is 0 Å². The molecule has 1 heterocycles. The van der Waals surface area contributed by atoms with Gasteiger partial charge in [-0.15, -0.1) is 0 Å². The Morgan fingerprint density at radius 2 is 0.922 bits per heavy atom. The maximum Gasteiger partial charge on any atom is 0.136 e. The van der Waals surface area contributed by atoms with Crippen molar-refractivity contribution in [2.75, 3.05) is 0 Å². The lowest BCUT2D eigenvalue weighted by Crippen LogP contribution is -1.98. The van der Waals surface area contributed by atoms with Gasteiger partial charge in [0.05, 0.1) is 11.6 Å². The fourth-order valence-electron chi connectivity index (χ4n) is 8.33. The van der Waals surface area contributed by atoms with Crippen LogP contribution in [0.5, 0.6) is 11.5 Å². The summed E-state index contributed by atoms with van der Waals surface area (Å²) in [5.41, 5.74) is 9.96. The first-order valence-electron chi connectivity index (χ1n) is 17.3. The van der Waals surface area contributed by atoms with Crippen molar-refractivity contribution in [2.45, 2.75) is 0 Å². The molecule has 11 rings (SSSR count). The van der Waals surface area contributed by atoms with Crippen LogP contribution >= 0.6 is 0 Å². The molecule has 0 saturated carbocycles. The minimum atomic E-state index is 0.595. The predicted molar refractivity (Wildman–Crippen MR) is 212 cm³/mol. The molecule has 0 unspecified atom stereocenters. The number of benzene rings is 10. The van der Waals surface area contributed by atoms with Crippen LogP contribution in [0.4, 0.5) is 0 Å². The molecule has 10 aromatic carbocycles. The number of hydrogen-bond acceptors (Lipinski definition) is 2. The molecular weight excluding hydrogens is 619 g/mol. The number of ether oxygens (including phenoxy) is 1. The van der Waals surface area contributed by atoms with Gasteiger partial charge in [-0.3, -0.25) is 0 Å². The maximum absolute atomic E-state index is 9.41. The Hall–Kier alpha value is -6.95. The molecule has 0 fully saturated rings. The van der Waals surface area contributed by atoms with Gasteiger partial charge in [0.25, 0.3) is 0 Å². The van der Waals surface area contributed by atoms with Gasteiger partial charge in [0.2, 0.25) is 0 Å². The van der Waals surface area contributed by atoms with Gasteiger partial charge in [0, 0.05) is 10.9 Å². The van der Waals surface area contributed by atoms with Crippen LogP contribution in [0, 0.1) is 11.3 Å². The predicted octanol–water partition coefficient (Wildman–Crippen LogP) is 13.5. The minimum absolute atomic E-state index is 0.595. The first-order valence-corrected chi connectivity index (χ1v) is 17.3. The molecule has 1 aliphatic heterocycles. The Balaban J connectivity index is 0.972. The number of hydrogen-bond donors (Lipinski definition) is 0. The molecule has 0 bridgehead atoms. The highest BCUT2D eigenvalue weighted by Crippen LogP contribution is 2.49. The molecule has 234 valence electrons. The van der Waals surface area contributed by atoms with E-state index in [0.717, 1.165) is 39.0 Å². The van der Waals surface area contributed by atoms with E-state index >= 15 is 0 Å². The molecule has 2 nitrogen and oxygen atoms in total. The quantitative estimate of drug-likeness (QED) is 0.179. The van der Waals surface area contributed by atoms with E-state index in [-0.39, 0.29) is 0 Å². The van der Waals surface area contributed by atoms with E-state index in [9.17, 15) is 5.26 Å². The van der Waals surface area contributed by atoms with Gasteiger partial charge in [0.15, 0.2) is 0 Å². The van der Waals surface area contributed by atoms with Crippen LogP contribution in [-0.4, -0.2) is 0 Å². The molecule has 0 aromatic heterocycles. The third-order valence-electron chi connectivity index (χ3n) is 10.8. The van der Waals surface area contributed by atoms with Crippen molar-refractivity contribution in [3.8, 4) is 62.1 Å². The zero-order valence-corrected chi connectivity index (χ0v) is 27.4. The summed E-state index contributed by atoms with van der Waals surface area (Å²) in [5.74, 6) is 1.55. The van der Waals surface area contributed by atoms with Crippen molar-refractivity contribution >= 4 is 53.9 Å². The molecule has 10 aromatic rings. The smallest absolute Gasteiger partial charge is 0.136 e.